The van der Waals surface area contributed by atoms with Crippen LogP contribution in [0.5, 0.6) is 5.75 Å². The van der Waals surface area contributed by atoms with E-state index in [4.69, 9.17) is 9.84 Å². The van der Waals surface area contributed by atoms with Gasteiger partial charge in [-0.05, 0) is 62.6 Å². The first-order chi connectivity index (χ1) is 8.31. The second-order valence-corrected chi connectivity index (χ2v) is 4.90. The van der Waals surface area contributed by atoms with Crippen LogP contribution in [0.15, 0.2) is 18.2 Å². The van der Waals surface area contributed by atoms with Gasteiger partial charge in [-0.3, -0.25) is 0 Å². The van der Waals surface area contributed by atoms with Crippen LogP contribution >= 0.6 is 0 Å². The lowest BCUT2D eigenvalue weighted by Crippen LogP contribution is -2.12. The van der Waals surface area contributed by atoms with Crippen molar-refractivity contribution in [2.24, 2.45) is 0 Å². The van der Waals surface area contributed by atoms with Gasteiger partial charge in [-0.25, -0.2) is 0 Å². The van der Waals surface area contributed by atoms with Crippen LogP contribution in [-0.4, -0.2) is 17.8 Å². The highest BCUT2D eigenvalue weighted by atomic mass is 16.5. The lowest BCUT2D eigenvalue weighted by molar-refractivity contribution is 0.207. The van der Waals surface area contributed by atoms with E-state index in [1.165, 1.54) is 36.8 Å². The highest BCUT2D eigenvalue weighted by Gasteiger charge is 2.18. The fourth-order valence-electron chi connectivity index (χ4n) is 2.55. The van der Waals surface area contributed by atoms with Crippen molar-refractivity contribution in [3.63, 3.8) is 0 Å². The van der Waals surface area contributed by atoms with Crippen LogP contribution in [0, 0.1) is 6.92 Å². The zero-order chi connectivity index (χ0) is 12.1. The van der Waals surface area contributed by atoms with E-state index < -0.39 is 0 Å². The van der Waals surface area contributed by atoms with Crippen molar-refractivity contribution in [1.29, 1.82) is 0 Å². The van der Waals surface area contributed by atoms with E-state index in [9.17, 15) is 0 Å². The average Bonchev–Trinajstić information content (AvgIpc) is 2.81. The van der Waals surface area contributed by atoms with Crippen LogP contribution in [0.3, 0.4) is 0 Å². The van der Waals surface area contributed by atoms with Gasteiger partial charge in [0, 0.05) is 6.61 Å². The normalized spacial score (nSPS) is 16.4. The first kappa shape index (κ1) is 12.4. The van der Waals surface area contributed by atoms with Crippen molar-refractivity contribution in [2.45, 2.75) is 51.6 Å². The minimum atomic E-state index is 0.247. The quantitative estimate of drug-likeness (QED) is 0.847. The maximum atomic E-state index is 8.95. The van der Waals surface area contributed by atoms with Crippen LogP contribution in [0.25, 0.3) is 0 Å². The topological polar surface area (TPSA) is 29.5 Å². The average molecular weight is 234 g/mol. The smallest absolute Gasteiger partial charge is 0.123 e. The molecule has 0 atom stereocenters. The third-order valence-corrected chi connectivity index (χ3v) is 3.55. The van der Waals surface area contributed by atoms with E-state index in [0.29, 0.717) is 6.10 Å². The second kappa shape index (κ2) is 6.06. The van der Waals surface area contributed by atoms with Crippen molar-refractivity contribution in [3.8, 4) is 5.75 Å². The maximum absolute atomic E-state index is 8.95. The molecule has 0 saturated heterocycles. The van der Waals surface area contributed by atoms with Gasteiger partial charge in [-0.15, -0.1) is 0 Å². The summed E-state index contributed by atoms with van der Waals surface area (Å²) in [5.41, 5.74) is 2.54. The largest absolute Gasteiger partial charge is 0.490 e. The van der Waals surface area contributed by atoms with Gasteiger partial charge in [0.05, 0.1) is 6.10 Å². The van der Waals surface area contributed by atoms with Crippen molar-refractivity contribution >= 4 is 0 Å². The van der Waals surface area contributed by atoms with E-state index in [1.807, 2.05) is 0 Å². The van der Waals surface area contributed by atoms with Crippen molar-refractivity contribution in [1.82, 2.24) is 0 Å². The van der Waals surface area contributed by atoms with E-state index in [1.54, 1.807) is 0 Å². The Bertz CT molecular complexity index is 354. The van der Waals surface area contributed by atoms with Crippen LogP contribution < -0.4 is 4.74 Å². The molecule has 17 heavy (non-hydrogen) atoms. The molecule has 94 valence electrons. The molecular formula is C15H22O2. The van der Waals surface area contributed by atoms with E-state index >= 15 is 0 Å². The molecule has 2 heteroatoms. The molecule has 1 aliphatic carbocycles. The molecule has 0 radical (unpaired) electrons. The summed E-state index contributed by atoms with van der Waals surface area (Å²) in [5.74, 6) is 1.03. The minimum Gasteiger partial charge on any atom is -0.490 e. The summed E-state index contributed by atoms with van der Waals surface area (Å²) >= 11 is 0. The van der Waals surface area contributed by atoms with Crippen LogP contribution in [0.4, 0.5) is 0 Å². The first-order valence-corrected chi connectivity index (χ1v) is 6.67. The number of aliphatic hydroxyl groups excluding tert-OH is 1. The number of rotatable bonds is 5. The Morgan fingerprint density at radius 3 is 2.76 bits per heavy atom. The first-order valence-electron chi connectivity index (χ1n) is 6.67. The summed E-state index contributed by atoms with van der Waals surface area (Å²) < 4.78 is 6.10. The standard InChI is InChI=1S/C15H22O2/c1-12-6-4-10-15(14(12)9-5-11-16)17-13-7-2-3-8-13/h4,6,10,13,16H,2-3,5,7-9,11H2,1H3. The van der Waals surface area contributed by atoms with Crippen LogP contribution in [-0.2, 0) is 6.42 Å². The number of hydrogen-bond acceptors (Lipinski definition) is 2. The van der Waals surface area contributed by atoms with Crippen LogP contribution in [0.2, 0.25) is 0 Å². The molecule has 1 aliphatic rings. The van der Waals surface area contributed by atoms with Gasteiger partial charge >= 0.3 is 0 Å². The molecule has 0 heterocycles. The minimum absolute atomic E-state index is 0.247. The molecule has 1 N–H and O–H groups in total. The lowest BCUT2D eigenvalue weighted by atomic mass is 10.0. The highest BCUT2D eigenvalue weighted by molar-refractivity contribution is 5.39. The van der Waals surface area contributed by atoms with Crippen LogP contribution in [0.1, 0.15) is 43.2 Å². The summed E-state index contributed by atoms with van der Waals surface area (Å²) in [6.07, 6.45) is 7.09. The number of benzene rings is 1. The van der Waals surface area contributed by atoms with Gasteiger partial charge in [0.15, 0.2) is 0 Å². The van der Waals surface area contributed by atoms with Gasteiger partial charge in [-0.2, -0.15) is 0 Å². The molecule has 0 unspecified atom stereocenters. The van der Waals surface area contributed by atoms with E-state index in [0.717, 1.165) is 18.6 Å². The lowest BCUT2D eigenvalue weighted by Gasteiger charge is -2.18. The molecule has 1 aromatic rings. The molecule has 1 saturated carbocycles. The Morgan fingerprint density at radius 1 is 1.29 bits per heavy atom. The summed E-state index contributed by atoms with van der Waals surface area (Å²) in [7, 11) is 0. The third-order valence-electron chi connectivity index (χ3n) is 3.55. The second-order valence-electron chi connectivity index (χ2n) is 4.90. The molecule has 2 rings (SSSR count). The predicted molar refractivity (Wildman–Crippen MR) is 69.5 cm³/mol. The molecular weight excluding hydrogens is 212 g/mol. The summed E-state index contributed by atoms with van der Waals surface area (Å²) in [6.45, 7) is 2.37. The monoisotopic (exact) mass is 234 g/mol. The zero-order valence-corrected chi connectivity index (χ0v) is 10.6. The van der Waals surface area contributed by atoms with Gasteiger partial charge in [0.2, 0.25) is 0 Å². The number of hydrogen-bond donors (Lipinski definition) is 1. The molecule has 2 nitrogen and oxygen atoms in total. The Morgan fingerprint density at radius 2 is 2.06 bits per heavy atom. The highest BCUT2D eigenvalue weighted by Crippen LogP contribution is 2.29. The van der Waals surface area contributed by atoms with Crippen molar-refractivity contribution < 1.29 is 9.84 Å². The van der Waals surface area contributed by atoms with Gasteiger partial charge in [0.25, 0.3) is 0 Å². The molecule has 0 amide bonds. The zero-order valence-electron chi connectivity index (χ0n) is 10.6. The predicted octanol–water partition coefficient (Wildman–Crippen LogP) is 3.24. The Hall–Kier alpha value is -1.02. The molecule has 1 aromatic carbocycles. The Kier molecular flexibility index (Phi) is 4.43. The number of aliphatic hydroxyl groups is 1. The SMILES string of the molecule is Cc1cccc(OC2CCCC2)c1CCCO. The third kappa shape index (κ3) is 3.22. The molecule has 0 aliphatic heterocycles. The fraction of sp³-hybridized carbons (Fsp3) is 0.600. The molecule has 0 bridgehead atoms. The van der Waals surface area contributed by atoms with E-state index in [2.05, 4.69) is 25.1 Å². The van der Waals surface area contributed by atoms with Gasteiger partial charge < -0.3 is 9.84 Å². The number of aryl methyl sites for hydroxylation is 1. The summed E-state index contributed by atoms with van der Waals surface area (Å²) in [6, 6.07) is 6.24. The number of ether oxygens (including phenoxy) is 1. The van der Waals surface area contributed by atoms with Crippen molar-refractivity contribution in [3.05, 3.63) is 29.3 Å². The van der Waals surface area contributed by atoms with E-state index in [-0.39, 0.29) is 6.61 Å². The fourth-order valence-corrected chi connectivity index (χ4v) is 2.55. The molecule has 1 fully saturated rings. The van der Waals surface area contributed by atoms with Gasteiger partial charge in [0.1, 0.15) is 5.75 Å². The Labute approximate surface area is 104 Å². The summed E-state index contributed by atoms with van der Waals surface area (Å²) in [4.78, 5) is 0. The van der Waals surface area contributed by atoms with Crippen molar-refractivity contribution in [2.75, 3.05) is 6.61 Å². The summed E-state index contributed by atoms with van der Waals surface area (Å²) in [5, 5.41) is 8.95. The molecule has 0 aromatic heterocycles. The van der Waals surface area contributed by atoms with Gasteiger partial charge in [-0.1, -0.05) is 12.1 Å². The maximum Gasteiger partial charge on any atom is 0.123 e. The molecule has 0 spiro atoms. The Balaban J connectivity index is 2.10.